The van der Waals surface area contributed by atoms with Crippen molar-refractivity contribution in [2.75, 3.05) is 18.4 Å². The van der Waals surface area contributed by atoms with E-state index in [1.807, 2.05) is 30.3 Å². The van der Waals surface area contributed by atoms with Crippen molar-refractivity contribution in [3.8, 4) is 11.3 Å². The Labute approximate surface area is 111 Å². The summed E-state index contributed by atoms with van der Waals surface area (Å²) in [6.45, 7) is 2.55. The molecule has 1 aromatic carbocycles. The van der Waals surface area contributed by atoms with Crippen LogP contribution in [0.4, 0.5) is 10.5 Å². The van der Waals surface area contributed by atoms with Crippen molar-refractivity contribution in [2.24, 2.45) is 5.73 Å². The maximum absolute atomic E-state index is 11.7. The summed E-state index contributed by atoms with van der Waals surface area (Å²) in [5.74, 6) is 0.557. The van der Waals surface area contributed by atoms with E-state index >= 15 is 0 Å². The quantitative estimate of drug-likeness (QED) is 0.780. The zero-order chi connectivity index (χ0) is 13.7. The molecule has 0 atom stereocenters. The average molecular weight is 260 g/mol. The van der Waals surface area contributed by atoms with Gasteiger partial charge in [-0.25, -0.2) is 4.79 Å². The van der Waals surface area contributed by atoms with E-state index in [4.69, 9.17) is 10.3 Å². The first-order valence-corrected chi connectivity index (χ1v) is 5.99. The number of hydrogen-bond acceptors (Lipinski definition) is 4. The molecule has 2 amide bonds. The van der Waals surface area contributed by atoms with Gasteiger partial charge in [-0.3, -0.25) is 0 Å². The van der Waals surface area contributed by atoms with Crippen molar-refractivity contribution >= 4 is 11.7 Å². The number of carbonyl (C=O) groups is 1. The summed E-state index contributed by atoms with van der Waals surface area (Å²) in [4.78, 5) is 11.7. The summed E-state index contributed by atoms with van der Waals surface area (Å²) < 4.78 is 5.14. The maximum atomic E-state index is 11.7. The van der Waals surface area contributed by atoms with Gasteiger partial charge in [-0.1, -0.05) is 35.5 Å². The lowest BCUT2D eigenvalue weighted by Gasteiger charge is -2.06. The van der Waals surface area contributed by atoms with E-state index in [1.165, 1.54) is 0 Å². The molecule has 0 aliphatic carbocycles. The van der Waals surface area contributed by atoms with Crippen LogP contribution in [0.2, 0.25) is 0 Å². The molecule has 0 aliphatic rings. The van der Waals surface area contributed by atoms with Gasteiger partial charge < -0.3 is 20.9 Å². The third kappa shape index (κ3) is 3.11. The lowest BCUT2D eigenvalue weighted by molar-refractivity contribution is 0.252. The molecule has 100 valence electrons. The minimum Gasteiger partial charge on any atom is -0.359 e. The van der Waals surface area contributed by atoms with E-state index < -0.39 is 0 Å². The Morgan fingerprint density at radius 2 is 2.11 bits per heavy atom. The standard InChI is InChI=1S/C13H16N4O2/c1-9-11(16-13(18)15-8-7-14)12(17-19-9)10-5-3-2-4-6-10/h2-6H,7-8,14H2,1H3,(H2,15,16,18). The van der Waals surface area contributed by atoms with Gasteiger partial charge in [-0.05, 0) is 6.92 Å². The Bertz CT molecular complexity index is 551. The van der Waals surface area contributed by atoms with E-state index in [9.17, 15) is 4.79 Å². The average Bonchev–Trinajstić information content (AvgIpc) is 2.79. The predicted molar refractivity (Wildman–Crippen MR) is 72.8 cm³/mol. The van der Waals surface area contributed by atoms with Crippen LogP contribution in [0, 0.1) is 6.92 Å². The molecule has 0 unspecified atom stereocenters. The number of anilines is 1. The first-order valence-electron chi connectivity index (χ1n) is 5.99. The van der Waals surface area contributed by atoms with E-state index in [1.54, 1.807) is 6.92 Å². The topological polar surface area (TPSA) is 93.2 Å². The molecule has 2 rings (SSSR count). The monoisotopic (exact) mass is 260 g/mol. The van der Waals surface area contributed by atoms with Crippen molar-refractivity contribution in [2.45, 2.75) is 6.92 Å². The van der Waals surface area contributed by atoms with E-state index in [2.05, 4.69) is 15.8 Å². The number of benzene rings is 1. The fourth-order valence-electron chi connectivity index (χ4n) is 1.66. The summed E-state index contributed by atoms with van der Waals surface area (Å²) in [7, 11) is 0. The minimum atomic E-state index is -0.325. The minimum absolute atomic E-state index is 0.325. The van der Waals surface area contributed by atoms with Gasteiger partial charge in [0.25, 0.3) is 0 Å². The van der Waals surface area contributed by atoms with Gasteiger partial charge in [0.05, 0.1) is 0 Å². The van der Waals surface area contributed by atoms with Crippen LogP contribution in [0.1, 0.15) is 5.76 Å². The van der Waals surface area contributed by atoms with Gasteiger partial charge in [0.1, 0.15) is 11.4 Å². The molecular weight excluding hydrogens is 244 g/mol. The van der Waals surface area contributed by atoms with Crippen LogP contribution >= 0.6 is 0 Å². The maximum Gasteiger partial charge on any atom is 0.319 e. The number of nitrogens with zero attached hydrogens (tertiary/aromatic N) is 1. The highest BCUT2D eigenvalue weighted by Gasteiger charge is 2.16. The second kappa shape index (κ2) is 6.01. The number of aromatic nitrogens is 1. The van der Waals surface area contributed by atoms with E-state index in [-0.39, 0.29) is 6.03 Å². The highest BCUT2D eigenvalue weighted by Crippen LogP contribution is 2.29. The van der Waals surface area contributed by atoms with Crippen LogP contribution in [0.3, 0.4) is 0 Å². The molecular formula is C13H16N4O2. The van der Waals surface area contributed by atoms with Crippen LogP contribution in [0.25, 0.3) is 11.3 Å². The Balaban J connectivity index is 2.21. The zero-order valence-electron chi connectivity index (χ0n) is 10.6. The molecule has 6 heteroatoms. The highest BCUT2D eigenvalue weighted by atomic mass is 16.5. The highest BCUT2D eigenvalue weighted by molar-refractivity contribution is 5.94. The SMILES string of the molecule is Cc1onc(-c2ccccc2)c1NC(=O)NCCN. The van der Waals surface area contributed by atoms with Crippen LogP contribution in [-0.2, 0) is 0 Å². The van der Waals surface area contributed by atoms with Gasteiger partial charge in [0.15, 0.2) is 5.76 Å². The van der Waals surface area contributed by atoms with Gasteiger partial charge >= 0.3 is 6.03 Å². The van der Waals surface area contributed by atoms with Crippen molar-refractivity contribution in [1.82, 2.24) is 10.5 Å². The summed E-state index contributed by atoms with van der Waals surface area (Å²) in [6.07, 6.45) is 0. The number of nitrogens with one attached hydrogen (secondary N) is 2. The van der Waals surface area contributed by atoms with Crippen LogP contribution in [0.5, 0.6) is 0 Å². The van der Waals surface area contributed by atoms with Crippen molar-refractivity contribution in [1.29, 1.82) is 0 Å². The summed E-state index contributed by atoms with van der Waals surface area (Å²) in [5.41, 5.74) is 7.39. The van der Waals surface area contributed by atoms with Gasteiger partial charge in [0, 0.05) is 18.7 Å². The largest absolute Gasteiger partial charge is 0.359 e. The smallest absolute Gasteiger partial charge is 0.319 e. The Morgan fingerprint density at radius 1 is 1.37 bits per heavy atom. The fraction of sp³-hybridized carbons (Fsp3) is 0.231. The Kier molecular flexibility index (Phi) is 4.15. The number of nitrogens with two attached hydrogens (primary N) is 1. The third-order valence-electron chi connectivity index (χ3n) is 2.58. The number of carbonyl (C=O) groups excluding carboxylic acids is 1. The van der Waals surface area contributed by atoms with Crippen LogP contribution in [-0.4, -0.2) is 24.3 Å². The molecule has 0 saturated carbocycles. The van der Waals surface area contributed by atoms with Crippen LogP contribution in [0.15, 0.2) is 34.9 Å². The first kappa shape index (κ1) is 13.1. The third-order valence-corrected chi connectivity index (χ3v) is 2.58. The molecule has 1 aromatic heterocycles. The van der Waals surface area contributed by atoms with Crippen molar-refractivity contribution in [3.63, 3.8) is 0 Å². The van der Waals surface area contributed by atoms with Gasteiger partial charge in [-0.2, -0.15) is 0 Å². The van der Waals surface area contributed by atoms with Crippen LogP contribution < -0.4 is 16.4 Å². The van der Waals surface area contributed by atoms with E-state index in [0.717, 1.165) is 5.56 Å². The molecule has 2 aromatic rings. The number of urea groups is 1. The summed E-state index contributed by atoms with van der Waals surface area (Å²) in [5, 5.41) is 9.34. The Hall–Kier alpha value is -2.34. The second-order valence-electron chi connectivity index (χ2n) is 4.00. The molecule has 19 heavy (non-hydrogen) atoms. The molecule has 6 nitrogen and oxygen atoms in total. The zero-order valence-corrected chi connectivity index (χ0v) is 10.6. The fourth-order valence-corrected chi connectivity index (χ4v) is 1.66. The molecule has 0 fully saturated rings. The summed E-state index contributed by atoms with van der Waals surface area (Å²) >= 11 is 0. The molecule has 4 N–H and O–H groups in total. The predicted octanol–water partition coefficient (Wildman–Crippen LogP) is 1.73. The Morgan fingerprint density at radius 3 is 2.79 bits per heavy atom. The molecule has 0 bridgehead atoms. The number of aryl methyl sites for hydroxylation is 1. The first-order chi connectivity index (χ1) is 9.22. The van der Waals surface area contributed by atoms with Crippen molar-refractivity contribution in [3.05, 3.63) is 36.1 Å². The molecule has 0 saturated heterocycles. The van der Waals surface area contributed by atoms with E-state index in [0.29, 0.717) is 30.2 Å². The molecule has 0 radical (unpaired) electrons. The molecule has 0 spiro atoms. The normalized spacial score (nSPS) is 10.2. The lowest BCUT2D eigenvalue weighted by Crippen LogP contribution is -2.33. The summed E-state index contributed by atoms with van der Waals surface area (Å²) in [6, 6.07) is 9.20. The van der Waals surface area contributed by atoms with Gasteiger partial charge in [-0.15, -0.1) is 0 Å². The van der Waals surface area contributed by atoms with Gasteiger partial charge in [0.2, 0.25) is 0 Å². The number of hydrogen-bond donors (Lipinski definition) is 3. The number of amides is 2. The molecule has 0 aliphatic heterocycles. The second-order valence-corrected chi connectivity index (χ2v) is 4.00. The van der Waals surface area contributed by atoms with Crippen molar-refractivity contribution < 1.29 is 9.32 Å². The lowest BCUT2D eigenvalue weighted by atomic mass is 10.1. The molecule has 1 heterocycles. The number of rotatable bonds is 4.